The Morgan fingerprint density at radius 3 is 2.77 bits per heavy atom. The number of hydrogen-bond donors (Lipinski definition) is 1. The zero-order valence-corrected chi connectivity index (χ0v) is 16.4. The molecule has 0 amide bonds. The smallest absolute Gasteiger partial charge is 0.271 e. The lowest BCUT2D eigenvalue weighted by molar-refractivity contribution is 0.338. The predicted molar refractivity (Wildman–Crippen MR) is 103 cm³/mol. The number of nitrogens with zero attached hydrogens (tertiary/aromatic N) is 1. The van der Waals surface area contributed by atoms with E-state index in [1.165, 1.54) is 6.42 Å². The minimum absolute atomic E-state index is 0.214. The van der Waals surface area contributed by atoms with Crippen LogP contribution in [0.3, 0.4) is 0 Å². The molecule has 8 heteroatoms. The van der Waals surface area contributed by atoms with Gasteiger partial charge >= 0.3 is 0 Å². The summed E-state index contributed by atoms with van der Waals surface area (Å²) in [4.78, 5) is 5.07. The first-order valence-corrected chi connectivity index (χ1v) is 10.9. The molecule has 136 valence electrons. The Morgan fingerprint density at radius 2 is 2.08 bits per heavy atom. The maximum Gasteiger partial charge on any atom is 0.271 e. The number of thiophene rings is 1. The third-order valence-corrected chi connectivity index (χ3v) is 7.87. The van der Waals surface area contributed by atoms with Gasteiger partial charge in [-0.1, -0.05) is 24.1 Å². The largest absolute Gasteiger partial charge is 0.440 e. The van der Waals surface area contributed by atoms with Crippen LogP contribution in [0.5, 0.6) is 0 Å². The minimum atomic E-state index is -3.69. The van der Waals surface area contributed by atoms with Crippen molar-refractivity contribution in [3.05, 3.63) is 53.0 Å². The monoisotopic (exact) mass is 408 g/mol. The van der Waals surface area contributed by atoms with Gasteiger partial charge in [0.25, 0.3) is 10.0 Å². The van der Waals surface area contributed by atoms with Gasteiger partial charge in [0.2, 0.25) is 0 Å². The van der Waals surface area contributed by atoms with Gasteiger partial charge in [-0.25, -0.2) is 13.4 Å². The molecule has 2 heterocycles. The average Bonchev–Trinajstić information content (AvgIpc) is 3.18. The number of rotatable bonds is 5. The van der Waals surface area contributed by atoms with Crippen LogP contribution in [-0.4, -0.2) is 13.4 Å². The normalized spacial score (nSPS) is 15.0. The van der Waals surface area contributed by atoms with Crippen LogP contribution in [0.15, 0.2) is 45.2 Å². The summed E-state index contributed by atoms with van der Waals surface area (Å²) in [5.74, 6) is 1.76. The van der Waals surface area contributed by atoms with E-state index in [0.29, 0.717) is 22.4 Å². The molecule has 2 aromatic heterocycles. The van der Waals surface area contributed by atoms with E-state index < -0.39 is 10.0 Å². The number of benzene rings is 1. The Hall–Kier alpha value is -1.83. The zero-order chi connectivity index (χ0) is 18.3. The van der Waals surface area contributed by atoms with E-state index in [2.05, 4.69) is 9.71 Å². The summed E-state index contributed by atoms with van der Waals surface area (Å²) in [5.41, 5.74) is 1.32. The first-order chi connectivity index (χ1) is 12.4. The van der Waals surface area contributed by atoms with Crippen LogP contribution in [-0.2, 0) is 10.0 Å². The molecule has 0 bridgehead atoms. The van der Waals surface area contributed by atoms with Crippen LogP contribution in [0.1, 0.15) is 36.6 Å². The predicted octanol–water partition coefficient (Wildman–Crippen LogP) is 5.43. The summed E-state index contributed by atoms with van der Waals surface area (Å²) in [6.45, 7) is 1.86. The van der Waals surface area contributed by atoms with Gasteiger partial charge in [0.05, 0.1) is 16.8 Å². The molecular weight excluding hydrogens is 392 g/mol. The quantitative estimate of drug-likeness (QED) is 0.610. The Labute approximate surface area is 161 Å². The topological polar surface area (TPSA) is 72.2 Å². The number of halogens is 1. The molecule has 1 saturated carbocycles. The third kappa shape index (κ3) is 3.39. The van der Waals surface area contributed by atoms with Crippen molar-refractivity contribution in [3.63, 3.8) is 0 Å². The van der Waals surface area contributed by atoms with Crippen LogP contribution in [0.4, 0.5) is 5.69 Å². The fraction of sp³-hybridized carbons (Fsp3) is 0.278. The van der Waals surface area contributed by atoms with E-state index >= 15 is 0 Å². The average molecular weight is 409 g/mol. The van der Waals surface area contributed by atoms with Gasteiger partial charge in [-0.15, -0.1) is 11.3 Å². The second kappa shape index (κ2) is 6.72. The SMILES string of the molecule is Cc1ccc(NS(=O)(=O)c2ccc(-c3cnc(C4CCC4)o3)s2)cc1Cl. The second-order valence-electron chi connectivity index (χ2n) is 6.38. The standard InChI is InChI=1S/C18H17ClN2O3S2/c1-11-5-6-13(9-14(11)19)21-26(22,23)17-8-7-16(25-17)15-10-20-18(24-15)12-3-2-4-12/h5-10,12,21H,2-4H2,1H3. The number of hydrogen-bond acceptors (Lipinski definition) is 5. The summed E-state index contributed by atoms with van der Waals surface area (Å²) in [6.07, 6.45) is 5.08. The number of aromatic nitrogens is 1. The lowest BCUT2D eigenvalue weighted by Crippen LogP contribution is -2.11. The highest BCUT2D eigenvalue weighted by Gasteiger charge is 2.25. The van der Waals surface area contributed by atoms with Crippen molar-refractivity contribution in [2.45, 2.75) is 36.3 Å². The Kier molecular flexibility index (Phi) is 4.54. The number of nitrogens with one attached hydrogen (secondary N) is 1. The van der Waals surface area contributed by atoms with Crippen molar-refractivity contribution >= 4 is 38.6 Å². The molecule has 1 aromatic carbocycles. The highest BCUT2D eigenvalue weighted by Crippen LogP contribution is 2.39. The van der Waals surface area contributed by atoms with Gasteiger partial charge in [0.1, 0.15) is 4.21 Å². The van der Waals surface area contributed by atoms with Crippen LogP contribution in [0.25, 0.3) is 10.6 Å². The first-order valence-electron chi connectivity index (χ1n) is 8.27. The molecule has 5 nitrogen and oxygen atoms in total. The molecule has 0 saturated heterocycles. The van der Waals surface area contributed by atoms with Crippen molar-refractivity contribution in [2.75, 3.05) is 4.72 Å². The van der Waals surface area contributed by atoms with Crippen molar-refractivity contribution in [1.82, 2.24) is 4.98 Å². The number of aryl methyl sites for hydroxylation is 1. The first kappa shape index (κ1) is 17.6. The fourth-order valence-corrected chi connectivity index (χ4v) is 5.19. The molecule has 3 aromatic rings. The van der Waals surface area contributed by atoms with Crippen molar-refractivity contribution < 1.29 is 12.8 Å². The molecule has 1 fully saturated rings. The Morgan fingerprint density at radius 1 is 1.27 bits per heavy atom. The zero-order valence-electron chi connectivity index (χ0n) is 14.0. The van der Waals surface area contributed by atoms with E-state index in [9.17, 15) is 8.42 Å². The molecule has 1 aliphatic rings. The summed E-state index contributed by atoms with van der Waals surface area (Å²) in [7, 11) is -3.69. The van der Waals surface area contributed by atoms with Crippen molar-refractivity contribution in [2.24, 2.45) is 0 Å². The molecule has 0 radical (unpaired) electrons. The van der Waals surface area contributed by atoms with E-state index in [0.717, 1.165) is 40.5 Å². The van der Waals surface area contributed by atoms with Gasteiger partial charge in [-0.3, -0.25) is 4.72 Å². The van der Waals surface area contributed by atoms with E-state index in [4.69, 9.17) is 16.0 Å². The van der Waals surface area contributed by atoms with Crippen LogP contribution < -0.4 is 4.72 Å². The maximum absolute atomic E-state index is 12.6. The summed E-state index contributed by atoms with van der Waals surface area (Å²) in [5, 5.41) is 0.516. The van der Waals surface area contributed by atoms with E-state index in [1.54, 1.807) is 36.5 Å². The molecule has 1 N–H and O–H groups in total. The molecule has 0 atom stereocenters. The molecular formula is C18H17ClN2O3S2. The second-order valence-corrected chi connectivity index (χ2v) is 9.78. The molecule has 4 rings (SSSR count). The third-order valence-electron chi connectivity index (χ3n) is 4.49. The van der Waals surface area contributed by atoms with Gasteiger partial charge < -0.3 is 4.42 Å². The molecule has 26 heavy (non-hydrogen) atoms. The van der Waals surface area contributed by atoms with Crippen molar-refractivity contribution in [1.29, 1.82) is 0 Å². The highest BCUT2D eigenvalue weighted by atomic mass is 35.5. The van der Waals surface area contributed by atoms with Gasteiger partial charge in [0, 0.05) is 10.9 Å². The number of oxazole rings is 1. The fourth-order valence-electron chi connectivity index (χ4n) is 2.70. The lowest BCUT2D eigenvalue weighted by Gasteiger charge is -2.21. The Balaban J connectivity index is 1.56. The number of sulfonamides is 1. The van der Waals surface area contributed by atoms with Crippen molar-refractivity contribution in [3.8, 4) is 10.6 Å². The summed E-state index contributed by atoms with van der Waals surface area (Å²) < 4.78 is 33.8. The van der Waals surface area contributed by atoms with Gasteiger partial charge in [-0.2, -0.15) is 0 Å². The summed E-state index contributed by atoms with van der Waals surface area (Å²) >= 11 is 7.22. The van der Waals surface area contributed by atoms with Gasteiger partial charge in [-0.05, 0) is 49.6 Å². The summed E-state index contributed by atoms with van der Waals surface area (Å²) in [6, 6.07) is 8.38. The van der Waals surface area contributed by atoms with Crippen LogP contribution >= 0.6 is 22.9 Å². The molecule has 1 aliphatic carbocycles. The van der Waals surface area contributed by atoms with Crippen LogP contribution in [0.2, 0.25) is 5.02 Å². The molecule has 0 unspecified atom stereocenters. The van der Waals surface area contributed by atoms with Gasteiger partial charge in [0.15, 0.2) is 11.7 Å². The maximum atomic E-state index is 12.6. The van der Waals surface area contributed by atoms with E-state index in [-0.39, 0.29) is 4.21 Å². The molecule has 0 spiro atoms. The molecule has 0 aliphatic heterocycles. The highest BCUT2D eigenvalue weighted by molar-refractivity contribution is 7.94. The Bertz CT molecular complexity index is 1050. The van der Waals surface area contributed by atoms with Crippen LogP contribution in [0, 0.1) is 6.92 Å². The minimum Gasteiger partial charge on any atom is -0.440 e. The lowest BCUT2D eigenvalue weighted by atomic mass is 9.85. The number of anilines is 1. The van der Waals surface area contributed by atoms with E-state index in [1.807, 2.05) is 6.92 Å².